The van der Waals surface area contributed by atoms with Crippen molar-refractivity contribution in [2.45, 2.75) is 13.0 Å². The average Bonchev–Trinajstić information content (AvgIpc) is 3.32. The smallest absolute Gasteiger partial charge is 0.116 e. The van der Waals surface area contributed by atoms with Gasteiger partial charge in [0, 0.05) is 42.5 Å². The number of ether oxygens (including phenoxy) is 1. The van der Waals surface area contributed by atoms with Crippen LogP contribution in [0.3, 0.4) is 0 Å². The Hall–Kier alpha value is -2.67. The van der Waals surface area contributed by atoms with E-state index >= 15 is 0 Å². The molecule has 3 heterocycles. The van der Waals surface area contributed by atoms with Crippen molar-refractivity contribution in [1.82, 2.24) is 20.1 Å². The van der Waals surface area contributed by atoms with Crippen LogP contribution in [0.15, 0.2) is 42.5 Å². The van der Waals surface area contributed by atoms with Gasteiger partial charge in [-0.2, -0.15) is 5.10 Å². The highest BCUT2D eigenvalue weighted by Crippen LogP contribution is 2.29. The third-order valence-electron chi connectivity index (χ3n) is 5.48. The van der Waals surface area contributed by atoms with Crippen LogP contribution in [-0.4, -0.2) is 58.1 Å². The Morgan fingerprint density at radius 2 is 1.86 bits per heavy atom. The van der Waals surface area contributed by atoms with Crippen LogP contribution in [0.4, 0.5) is 0 Å². The summed E-state index contributed by atoms with van der Waals surface area (Å²) in [4.78, 5) is 5.94. The lowest BCUT2D eigenvalue weighted by Gasteiger charge is -2.26. The zero-order chi connectivity index (χ0) is 18.9. The largest absolute Gasteiger partial charge is 0.396 e. The van der Waals surface area contributed by atoms with Gasteiger partial charge in [0.1, 0.15) is 5.69 Å². The van der Waals surface area contributed by atoms with Gasteiger partial charge < -0.3 is 14.8 Å². The highest BCUT2D eigenvalue weighted by molar-refractivity contribution is 5.96. The van der Waals surface area contributed by atoms with Crippen LogP contribution in [0.5, 0.6) is 0 Å². The Bertz CT molecular complexity index is 1110. The molecule has 28 heavy (non-hydrogen) atoms. The van der Waals surface area contributed by atoms with Crippen LogP contribution >= 0.6 is 0 Å². The van der Waals surface area contributed by atoms with E-state index in [1.165, 1.54) is 10.9 Å². The van der Waals surface area contributed by atoms with Crippen molar-refractivity contribution in [3.05, 3.63) is 53.6 Å². The van der Waals surface area contributed by atoms with Crippen LogP contribution in [-0.2, 0) is 17.7 Å². The molecule has 0 bridgehead atoms. The molecule has 0 amide bonds. The summed E-state index contributed by atoms with van der Waals surface area (Å²) in [5.41, 5.74) is 6.48. The lowest BCUT2D eigenvalue weighted by atomic mass is 10.1. The summed E-state index contributed by atoms with van der Waals surface area (Å²) in [5.74, 6) is 0. The van der Waals surface area contributed by atoms with Crippen LogP contribution in [0.25, 0.3) is 33.2 Å². The van der Waals surface area contributed by atoms with Gasteiger partial charge in [0.25, 0.3) is 0 Å². The van der Waals surface area contributed by atoms with Crippen molar-refractivity contribution in [3.8, 4) is 11.4 Å². The quantitative estimate of drug-likeness (QED) is 0.500. The summed E-state index contributed by atoms with van der Waals surface area (Å²) >= 11 is 0. The molecule has 0 aliphatic carbocycles. The molecule has 144 valence electrons. The second-order valence-electron chi connectivity index (χ2n) is 7.42. The molecule has 4 aromatic rings. The number of nitrogens with one attached hydrogen (secondary N) is 2. The van der Waals surface area contributed by atoms with Crippen LogP contribution in [0.1, 0.15) is 11.1 Å². The fourth-order valence-electron chi connectivity index (χ4n) is 3.98. The van der Waals surface area contributed by atoms with Gasteiger partial charge in [0.2, 0.25) is 0 Å². The first-order chi connectivity index (χ1) is 13.8. The number of H-pyrrole nitrogens is 2. The first-order valence-electron chi connectivity index (χ1n) is 9.80. The van der Waals surface area contributed by atoms with Crippen molar-refractivity contribution in [2.75, 3.05) is 32.9 Å². The van der Waals surface area contributed by atoms with Crippen molar-refractivity contribution in [2.24, 2.45) is 0 Å². The molecular weight excluding hydrogens is 352 g/mol. The van der Waals surface area contributed by atoms with Crippen LogP contribution in [0, 0.1) is 0 Å². The number of nitrogens with zero attached hydrogens (tertiary/aromatic N) is 2. The molecule has 0 saturated carbocycles. The molecule has 0 radical (unpaired) electrons. The molecule has 2 aromatic heterocycles. The Balaban J connectivity index is 1.45. The fourth-order valence-corrected chi connectivity index (χ4v) is 3.98. The van der Waals surface area contributed by atoms with Crippen LogP contribution in [0.2, 0.25) is 0 Å². The van der Waals surface area contributed by atoms with Crippen molar-refractivity contribution in [1.29, 1.82) is 0 Å². The molecule has 0 unspecified atom stereocenters. The molecule has 1 aliphatic heterocycles. The fraction of sp³-hybridized carbons (Fsp3) is 0.318. The van der Waals surface area contributed by atoms with Crippen molar-refractivity contribution < 1.29 is 9.84 Å². The van der Waals surface area contributed by atoms with Gasteiger partial charge >= 0.3 is 0 Å². The molecule has 1 aliphatic rings. The minimum absolute atomic E-state index is 0.154. The summed E-state index contributed by atoms with van der Waals surface area (Å²) in [6.45, 7) is 4.74. The number of aliphatic hydroxyl groups is 1. The summed E-state index contributed by atoms with van der Waals surface area (Å²) in [6.07, 6.45) is 0.655. The first kappa shape index (κ1) is 17.4. The Morgan fingerprint density at radius 3 is 2.71 bits per heavy atom. The van der Waals surface area contributed by atoms with Gasteiger partial charge in [0.05, 0.1) is 24.4 Å². The molecule has 6 nitrogen and oxygen atoms in total. The normalized spacial score (nSPS) is 15.6. The van der Waals surface area contributed by atoms with E-state index < -0.39 is 0 Å². The van der Waals surface area contributed by atoms with Gasteiger partial charge in [-0.3, -0.25) is 10.00 Å². The molecule has 2 aromatic carbocycles. The van der Waals surface area contributed by atoms with E-state index in [9.17, 15) is 0 Å². The van der Waals surface area contributed by atoms with Gasteiger partial charge in [-0.15, -0.1) is 0 Å². The van der Waals surface area contributed by atoms with Gasteiger partial charge in [-0.25, -0.2) is 0 Å². The zero-order valence-electron chi connectivity index (χ0n) is 15.7. The Kier molecular flexibility index (Phi) is 4.60. The Morgan fingerprint density at radius 1 is 1.00 bits per heavy atom. The zero-order valence-corrected chi connectivity index (χ0v) is 15.7. The average molecular weight is 376 g/mol. The number of aromatic amines is 2. The summed E-state index contributed by atoms with van der Waals surface area (Å²) in [7, 11) is 0. The number of aromatic nitrogens is 3. The summed E-state index contributed by atoms with van der Waals surface area (Å²) in [5, 5.41) is 19.1. The standard InChI is InChI=1S/C22H24N4O2/c27-8-5-15-1-3-18-20(12-15)24-25-22(18)21-13-17-11-16(2-4-19(17)23-21)14-26-6-9-28-10-7-26/h1-4,11-13,23,27H,5-10,14H2,(H,24,25). The molecule has 0 spiro atoms. The number of rotatable bonds is 5. The lowest BCUT2D eigenvalue weighted by Crippen LogP contribution is -2.35. The molecule has 6 heteroatoms. The van der Waals surface area contributed by atoms with E-state index in [-0.39, 0.29) is 6.61 Å². The minimum Gasteiger partial charge on any atom is -0.396 e. The SMILES string of the molecule is OCCc1ccc2c(-c3cc4cc(CN5CCOCC5)ccc4[nH]3)n[nH]c2c1. The van der Waals surface area contributed by atoms with E-state index in [2.05, 4.69) is 62.5 Å². The maximum Gasteiger partial charge on any atom is 0.116 e. The summed E-state index contributed by atoms with van der Waals surface area (Å²) in [6, 6.07) is 15.0. The lowest BCUT2D eigenvalue weighted by molar-refractivity contribution is 0.0342. The monoisotopic (exact) mass is 376 g/mol. The third kappa shape index (κ3) is 3.30. The van der Waals surface area contributed by atoms with Crippen LogP contribution < -0.4 is 0 Å². The Labute approximate surface area is 163 Å². The van der Waals surface area contributed by atoms with E-state index in [1.807, 2.05) is 0 Å². The first-order valence-corrected chi connectivity index (χ1v) is 9.80. The number of morpholine rings is 1. The third-order valence-corrected chi connectivity index (χ3v) is 5.48. The maximum atomic E-state index is 9.14. The second kappa shape index (κ2) is 7.39. The molecule has 1 fully saturated rings. The number of benzene rings is 2. The van der Waals surface area contributed by atoms with E-state index in [0.717, 1.165) is 66.2 Å². The highest BCUT2D eigenvalue weighted by atomic mass is 16.5. The summed E-state index contributed by atoms with van der Waals surface area (Å²) < 4.78 is 5.44. The number of hydrogen-bond donors (Lipinski definition) is 3. The van der Waals surface area contributed by atoms with E-state index in [1.54, 1.807) is 0 Å². The predicted molar refractivity (Wildman–Crippen MR) is 110 cm³/mol. The highest BCUT2D eigenvalue weighted by Gasteiger charge is 2.14. The number of hydrogen-bond acceptors (Lipinski definition) is 4. The molecular formula is C22H24N4O2. The molecule has 1 saturated heterocycles. The topological polar surface area (TPSA) is 77.2 Å². The molecule has 5 rings (SSSR count). The van der Waals surface area contributed by atoms with Gasteiger partial charge in [-0.1, -0.05) is 18.2 Å². The predicted octanol–water partition coefficient (Wildman–Crippen LogP) is 3.08. The van der Waals surface area contributed by atoms with E-state index in [4.69, 9.17) is 9.84 Å². The van der Waals surface area contributed by atoms with E-state index in [0.29, 0.717) is 6.42 Å². The van der Waals surface area contributed by atoms with Crippen molar-refractivity contribution >= 4 is 21.8 Å². The molecule has 0 atom stereocenters. The minimum atomic E-state index is 0.154. The number of fused-ring (bicyclic) bond motifs is 2. The molecule has 3 N–H and O–H groups in total. The van der Waals surface area contributed by atoms with Gasteiger partial charge in [0.15, 0.2) is 0 Å². The van der Waals surface area contributed by atoms with Gasteiger partial charge in [-0.05, 0) is 41.8 Å². The second-order valence-corrected chi connectivity index (χ2v) is 7.42. The maximum absolute atomic E-state index is 9.14. The number of aliphatic hydroxyl groups excluding tert-OH is 1. The van der Waals surface area contributed by atoms with Crippen molar-refractivity contribution in [3.63, 3.8) is 0 Å².